The van der Waals surface area contributed by atoms with E-state index in [-0.39, 0.29) is 17.8 Å². The number of ether oxygens (including phenoxy) is 1. The molecular weight excluding hydrogens is 393 g/mol. The van der Waals surface area contributed by atoms with Crippen molar-refractivity contribution >= 4 is 23.4 Å². The Morgan fingerprint density at radius 2 is 1.93 bits per heavy atom. The van der Waals surface area contributed by atoms with Crippen LogP contribution in [0.5, 0.6) is 5.75 Å². The van der Waals surface area contributed by atoms with Crippen molar-refractivity contribution in [1.29, 1.82) is 0 Å². The molecule has 0 unspecified atom stereocenters. The van der Waals surface area contributed by atoms with Crippen molar-refractivity contribution in [2.45, 2.75) is 29.8 Å². The maximum absolute atomic E-state index is 13.2. The van der Waals surface area contributed by atoms with Crippen molar-refractivity contribution in [2.24, 2.45) is 0 Å². The molecule has 1 amide bonds. The minimum absolute atomic E-state index is 0.206. The van der Waals surface area contributed by atoms with Crippen LogP contribution in [0.15, 0.2) is 53.7 Å². The topological polar surface area (TPSA) is 81.1 Å². The van der Waals surface area contributed by atoms with Gasteiger partial charge in [-0.15, -0.1) is 10.2 Å². The highest BCUT2D eigenvalue weighted by molar-refractivity contribution is 8.00. The summed E-state index contributed by atoms with van der Waals surface area (Å²) in [5.74, 6) is 0.974. The van der Waals surface area contributed by atoms with Gasteiger partial charge in [-0.05, 0) is 42.0 Å². The molecule has 1 aliphatic heterocycles. The van der Waals surface area contributed by atoms with Gasteiger partial charge in [0.05, 0.1) is 13.2 Å². The van der Waals surface area contributed by atoms with E-state index in [1.54, 1.807) is 7.11 Å². The van der Waals surface area contributed by atoms with E-state index in [0.29, 0.717) is 17.3 Å². The summed E-state index contributed by atoms with van der Waals surface area (Å²) in [6.45, 7) is 2.00. The number of anilines is 1. The predicted molar refractivity (Wildman–Crippen MR) is 109 cm³/mol. The van der Waals surface area contributed by atoms with Gasteiger partial charge >= 0.3 is 0 Å². The molecule has 1 aliphatic rings. The fraction of sp³-hybridized carbons (Fsp3) is 0.250. The number of nitrogens with zero attached hydrogens (tertiary/aromatic N) is 3. The number of amides is 1. The standard InChI is InChI=1S/C20H20FN5O2S/c1-3-16-23-24-20-26(16)25-17(12-4-10-15(28-2)11-5-12)18(29-20)19(27)22-14-8-6-13(21)7-9-14/h4-11,17-18,25H,3H2,1-2H3,(H,22,27)/t17-,18-/m0/s1. The number of aryl methyl sites for hydroxylation is 1. The Morgan fingerprint density at radius 3 is 2.59 bits per heavy atom. The van der Waals surface area contributed by atoms with Crippen molar-refractivity contribution in [3.8, 4) is 5.75 Å². The average molecular weight is 413 g/mol. The van der Waals surface area contributed by atoms with Crippen molar-refractivity contribution in [1.82, 2.24) is 14.9 Å². The van der Waals surface area contributed by atoms with Crippen molar-refractivity contribution < 1.29 is 13.9 Å². The van der Waals surface area contributed by atoms with Gasteiger partial charge in [-0.1, -0.05) is 30.8 Å². The average Bonchev–Trinajstić information content (AvgIpc) is 3.16. The summed E-state index contributed by atoms with van der Waals surface area (Å²) in [6, 6.07) is 13.0. The highest BCUT2D eigenvalue weighted by Crippen LogP contribution is 2.38. The summed E-state index contributed by atoms with van der Waals surface area (Å²) in [6.07, 6.45) is 0.711. The number of benzene rings is 2. The Hall–Kier alpha value is -3.07. The van der Waals surface area contributed by atoms with E-state index in [4.69, 9.17) is 4.74 Å². The van der Waals surface area contributed by atoms with E-state index in [9.17, 15) is 9.18 Å². The number of aromatic nitrogens is 3. The van der Waals surface area contributed by atoms with Gasteiger partial charge in [0.2, 0.25) is 11.1 Å². The summed E-state index contributed by atoms with van der Waals surface area (Å²) in [5.41, 5.74) is 4.85. The fourth-order valence-electron chi connectivity index (χ4n) is 3.14. The van der Waals surface area contributed by atoms with Crippen LogP contribution in [0.2, 0.25) is 0 Å². The first kappa shape index (κ1) is 19.3. The molecule has 2 N–H and O–H groups in total. The van der Waals surface area contributed by atoms with Gasteiger partial charge in [-0.2, -0.15) is 0 Å². The second kappa shape index (κ2) is 8.12. The Kier molecular flexibility index (Phi) is 5.39. The lowest BCUT2D eigenvalue weighted by Crippen LogP contribution is -2.41. The first-order chi connectivity index (χ1) is 14.1. The monoisotopic (exact) mass is 413 g/mol. The quantitative estimate of drug-likeness (QED) is 0.667. The number of thioether (sulfide) groups is 1. The summed E-state index contributed by atoms with van der Waals surface area (Å²) in [5, 5.41) is 11.4. The van der Waals surface area contributed by atoms with E-state index in [1.165, 1.54) is 36.0 Å². The summed E-state index contributed by atoms with van der Waals surface area (Å²) < 4.78 is 20.2. The van der Waals surface area contributed by atoms with Gasteiger partial charge in [0.15, 0.2) is 5.82 Å². The Labute approximate surface area is 171 Å². The number of methoxy groups -OCH3 is 1. The van der Waals surface area contributed by atoms with Crippen molar-refractivity contribution in [3.05, 3.63) is 65.7 Å². The Balaban J connectivity index is 1.65. The maximum Gasteiger partial charge on any atom is 0.240 e. The zero-order chi connectivity index (χ0) is 20.4. The number of hydrogen-bond donors (Lipinski definition) is 2. The van der Waals surface area contributed by atoms with Crippen molar-refractivity contribution in [2.75, 3.05) is 17.9 Å². The van der Waals surface area contributed by atoms with Gasteiger partial charge in [-0.3, -0.25) is 4.79 Å². The number of fused-ring (bicyclic) bond motifs is 1. The molecule has 9 heteroatoms. The number of carbonyl (C=O) groups is 1. The van der Waals surface area contributed by atoms with E-state index >= 15 is 0 Å². The van der Waals surface area contributed by atoms with Crippen LogP contribution in [0.1, 0.15) is 24.4 Å². The van der Waals surface area contributed by atoms with Gasteiger partial charge in [0.1, 0.15) is 16.8 Å². The third-order valence-electron chi connectivity index (χ3n) is 4.67. The molecule has 4 rings (SSSR count). The van der Waals surface area contributed by atoms with Crippen LogP contribution in [-0.4, -0.2) is 33.1 Å². The molecule has 2 atom stereocenters. The molecular formula is C20H20FN5O2S. The minimum atomic E-state index is -0.505. The SMILES string of the molecule is CCc1nnc2n1N[C@@H](c1ccc(OC)cc1)[C@@H](C(=O)Nc1ccc(F)cc1)S2. The third kappa shape index (κ3) is 3.91. The molecule has 0 aliphatic carbocycles. The summed E-state index contributed by atoms with van der Waals surface area (Å²) in [7, 11) is 1.61. The highest BCUT2D eigenvalue weighted by atomic mass is 32.2. The number of halogens is 1. The van der Waals surface area contributed by atoms with E-state index in [2.05, 4.69) is 20.9 Å². The zero-order valence-electron chi connectivity index (χ0n) is 15.9. The molecule has 1 aromatic heterocycles. The molecule has 2 heterocycles. The lowest BCUT2D eigenvalue weighted by molar-refractivity contribution is -0.116. The molecule has 0 radical (unpaired) electrons. The number of hydrogen-bond acceptors (Lipinski definition) is 6. The normalized spacial score (nSPS) is 17.9. The molecule has 0 spiro atoms. The Bertz CT molecular complexity index is 1010. The van der Waals surface area contributed by atoms with Crippen LogP contribution in [0.4, 0.5) is 10.1 Å². The molecule has 0 bridgehead atoms. The van der Waals surface area contributed by atoms with Crippen LogP contribution in [0, 0.1) is 5.82 Å². The van der Waals surface area contributed by atoms with Gasteiger partial charge in [0, 0.05) is 12.1 Å². The van der Waals surface area contributed by atoms with Gasteiger partial charge in [-0.25, -0.2) is 9.07 Å². The second-order valence-corrected chi connectivity index (χ2v) is 7.61. The number of rotatable bonds is 5. The zero-order valence-corrected chi connectivity index (χ0v) is 16.7. The molecule has 29 heavy (non-hydrogen) atoms. The molecule has 0 saturated carbocycles. The van der Waals surface area contributed by atoms with Gasteiger partial charge in [0.25, 0.3) is 0 Å². The van der Waals surface area contributed by atoms with E-state index < -0.39 is 5.25 Å². The second-order valence-electron chi connectivity index (χ2n) is 6.50. The third-order valence-corrected chi connectivity index (χ3v) is 5.88. The number of carbonyl (C=O) groups excluding carboxylic acids is 1. The lowest BCUT2D eigenvalue weighted by atomic mass is 10.0. The van der Waals surface area contributed by atoms with E-state index in [1.807, 2.05) is 35.9 Å². The summed E-state index contributed by atoms with van der Waals surface area (Å²) >= 11 is 1.35. The molecule has 3 aromatic rings. The van der Waals surface area contributed by atoms with Crippen LogP contribution >= 0.6 is 11.8 Å². The highest BCUT2D eigenvalue weighted by Gasteiger charge is 2.37. The van der Waals surface area contributed by atoms with Crippen LogP contribution in [0.3, 0.4) is 0 Å². The van der Waals surface area contributed by atoms with Crippen LogP contribution in [-0.2, 0) is 11.2 Å². The molecule has 0 saturated heterocycles. The molecule has 2 aromatic carbocycles. The largest absolute Gasteiger partial charge is 0.497 e. The van der Waals surface area contributed by atoms with Gasteiger partial charge < -0.3 is 15.5 Å². The first-order valence-electron chi connectivity index (χ1n) is 9.17. The fourth-order valence-corrected chi connectivity index (χ4v) is 4.23. The lowest BCUT2D eigenvalue weighted by Gasteiger charge is -2.33. The molecule has 150 valence electrons. The summed E-state index contributed by atoms with van der Waals surface area (Å²) in [4.78, 5) is 13.1. The Morgan fingerprint density at radius 1 is 1.21 bits per heavy atom. The maximum atomic E-state index is 13.2. The van der Waals surface area contributed by atoms with Crippen molar-refractivity contribution in [3.63, 3.8) is 0 Å². The minimum Gasteiger partial charge on any atom is -0.497 e. The number of nitrogens with one attached hydrogen (secondary N) is 2. The molecule has 7 nitrogen and oxygen atoms in total. The smallest absolute Gasteiger partial charge is 0.240 e. The van der Waals surface area contributed by atoms with Crippen LogP contribution in [0.25, 0.3) is 0 Å². The first-order valence-corrected chi connectivity index (χ1v) is 10.0. The molecule has 0 fully saturated rings. The predicted octanol–water partition coefficient (Wildman–Crippen LogP) is 3.39. The van der Waals surface area contributed by atoms with E-state index in [0.717, 1.165) is 17.1 Å². The van der Waals surface area contributed by atoms with Crippen LogP contribution < -0.4 is 15.5 Å².